The van der Waals surface area contributed by atoms with Crippen molar-refractivity contribution in [2.75, 3.05) is 5.32 Å². The Balaban J connectivity index is 1.64. The molecule has 0 unspecified atom stereocenters. The van der Waals surface area contributed by atoms with Gasteiger partial charge < -0.3 is 10.1 Å². The predicted molar refractivity (Wildman–Crippen MR) is 173 cm³/mol. The Morgan fingerprint density at radius 1 is 1.10 bits per heavy atom. The van der Waals surface area contributed by atoms with E-state index in [1.807, 2.05) is 50.3 Å². The van der Waals surface area contributed by atoms with E-state index in [-0.39, 0.29) is 17.6 Å². The van der Waals surface area contributed by atoms with Crippen LogP contribution in [0.1, 0.15) is 37.9 Å². The first kappa shape index (κ1) is 28.7. The van der Waals surface area contributed by atoms with Crippen molar-refractivity contribution in [1.29, 1.82) is 0 Å². The molecule has 0 radical (unpaired) electrons. The second-order valence-electron chi connectivity index (χ2n) is 9.43. The van der Waals surface area contributed by atoms with E-state index in [9.17, 15) is 14.0 Å². The monoisotopic (exact) mass is 779 g/mol. The summed E-state index contributed by atoms with van der Waals surface area (Å²) in [6.07, 6.45) is 1.87. The van der Waals surface area contributed by atoms with Crippen LogP contribution in [-0.4, -0.2) is 16.6 Å². The van der Waals surface area contributed by atoms with Crippen molar-refractivity contribution >= 4 is 74.2 Å². The second kappa shape index (κ2) is 12.0. The van der Waals surface area contributed by atoms with Gasteiger partial charge in [-0.25, -0.2) is 9.38 Å². The number of aromatic nitrogens is 1. The van der Waals surface area contributed by atoms with Gasteiger partial charge in [-0.2, -0.15) is 0 Å². The van der Waals surface area contributed by atoms with E-state index < -0.39 is 11.9 Å². The van der Waals surface area contributed by atoms with Gasteiger partial charge in [0.15, 0.2) is 4.80 Å². The summed E-state index contributed by atoms with van der Waals surface area (Å²) in [6, 6.07) is 18.1. The summed E-state index contributed by atoms with van der Waals surface area (Å²) >= 11 is 5.73. The number of para-hydroxylation sites is 1. The Hall–Kier alpha value is -2.84. The summed E-state index contributed by atoms with van der Waals surface area (Å²) in [5.74, 6) is 0.0398. The molecule has 1 N–H and O–H groups in total. The molecule has 204 valence electrons. The lowest BCUT2D eigenvalue weighted by atomic mass is 9.95. The van der Waals surface area contributed by atoms with Crippen LogP contribution in [0, 0.1) is 13.0 Å². The van der Waals surface area contributed by atoms with Gasteiger partial charge in [0.05, 0.1) is 35.1 Å². The van der Waals surface area contributed by atoms with Gasteiger partial charge in [-0.05, 0) is 120 Å². The van der Waals surface area contributed by atoms with Gasteiger partial charge >= 0.3 is 0 Å². The number of hydrogen-bond donors (Lipinski definition) is 1. The molecule has 4 aromatic rings. The van der Waals surface area contributed by atoms with Crippen molar-refractivity contribution < 1.29 is 13.9 Å². The highest BCUT2D eigenvalue weighted by atomic mass is 127. The number of carbonyl (C=O) groups excluding carboxylic acids is 1. The summed E-state index contributed by atoms with van der Waals surface area (Å²) < 4.78 is 23.7. The predicted octanol–water partition coefficient (Wildman–Crippen LogP) is 6.01. The van der Waals surface area contributed by atoms with E-state index in [0.29, 0.717) is 31.9 Å². The van der Waals surface area contributed by atoms with Crippen LogP contribution in [-0.2, 0) is 4.79 Å². The third-order valence-electron chi connectivity index (χ3n) is 6.16. The zero-order valence-electron chi connectivity index (χ0n) is 21.7. The number of benzene rings is 3. The number of ether oxygens (including phenoxy) is 1. The Morgan fingerprint density at radius 3 is 2.38 bits per heavy atom. The molecule has 0 fully saturated rings. The summed E-state index contributed by atoms with van der Waals surface area (Å²) in [6.45, 7) is 5.72. The van der Waals surface area contributed by atoms with Crippen LogP contribution in [0.15, 0.2) is 87.8 Å². The maximum atomic E-state index is 13.9. The number of hydrogen-bond acceptors (Lipinski definition) is 5. The van der Waals surface area contributed by atoms with Gasteiger partial charge in [-0.1, -0.05) is 41.7 Å². The molecule has 0 bridgehead atoms. The minimum absolute atomic E-state index is 0.0413. The number of thiazole rings is 1. The molecular formula is C30H24FI2N3O3S. The van der Waals surface area contributed by atoms with Gasteiger partial charge in [0, 0.05) is 5.69 Å². The van der Waals surface area contributed by atoms with E-state index in [1.54, 1.807) is 31.2 Å². The lowest BCUT2D eigenvalue weighted by molar-refractivity contribution is -0.113. The number of carbonyl (C=O) groups is 1. The average molecular weight is 779 g/mol. The lowest BCUT2D eigenvalue weighted by Gasteiger charge is -2.25. The number of anilines is 1. The van der Waals surface area contributed by atoms with E-state index in [4.69, 9.17) is 4.74 Å². The van der Waals surface area contributed by atoms with Crippen molar-refractivity contribution in [3.63, 3.8) is 0 Å². The third-order valence-corrected chi connectivity index (χ3v) is 8.74. The summed E-state index contributed by atoms with van der Waals surface area (Å²) in [5, 5.41) is 2.92. The standard InChI is InChI=1S/C30H24FI2N3O3S/c1-16(2)39-27-22(32)13-18(14-23(27)33)15-24-29(38)36-26(19-9-11-20(31)12-10-19)25(17(3)34-30(36)40-24)28(37)35-21-7-5-4-6-8-21/h4-16,26H,1-3H3,(H,35,37)/b24-15-/t26-/m1/s1. The number of fused-ring (bicyclic) bond motifs is 1. The average Bonchev–Trinajstić information content (AvgIpc) is 3.20. The molecule has 1 atom stereocenters. The molecule has 0 aliphatic carbocycles. The molecule has 1 aliphatic heterocycles. The van der Waals surface area contributed by atoms with Gasteiger partial charge in [0.1, 0.15) is 11.6 Å². The fourth-order valence-corrected chi connectivity index (χ4v) is 7.57. The van der Waals surface area contributed by atoms with Gasteiger partial charge in [-0.15, -0.1) is 0 Å². The van der Waals surface area contributed by atoms with Crippen LogP contribution in [0.5, 0.6) is 5.75 Å². The number of halogens is 3. The number of rotatable bonds is 6. The highest BCUT2D eigenvalue weighted by Crippen LogP contribution is 2.32. The second-order valence-corrected chi connectivity index (χ2v) is 12.8. The first-order valence-corrected chi connectivity index (χ1v) is 15.4. The van der Waals surface area contributed by atoms with Crippen LogP contribution < -0.4 is 24.9 Å². The van der Waals surface area contributed by atoms with Crippen molar-refractivity contribution in [3.05, 3.63) is 122 Å². The highest BCUT2D eigenvalue weighted by Gasteiger charge is 2.32. The van der Waals surface area contributed by atoms with E-state index in [1.165, 1.54) is 28.0 Å². The molecule has 5 rings (SSSR count). The Labute approximate surface area is 261 Å². The first-order valence-electron chi connectivity index (χ1n) is 12.4. The van der Waals surface area contributed by atoms with Crippen LogP contribution in [0.25, 0.3) is 6.08 Å². The quantitative estimate of drug-likeness (QED) is 0.244. The zero-order chi connectivity index (χ0) is 28.6. The maximum Gasteiger partial charge on any atom is 0.271 e. The van der Waals surface area contributed by atoms with E-state index in [2.05, 4.69) is 55.5 Å². The molecule has 6 nitrogen and oxygen atoms in total. The highest BCUT2D eigenvalue weighted by molar-refractivity contribution is 14.1. The molecule has 1 aliphatic rings. The van der Waals surface area contributed by atoms with Crippen LogP contribution >= 0.6 is 56.5 Å². The smallest absolute Gasteiger partial charge is 0.271 e. The number of allylic oxidation sites excluding steroid dienone is 1. The topological polar surface area (TPSA) is 72.7 Å². The molecule has 1 aromatic heterocycles. The normalized spacial score (nSPS) is 15.2. The van der Waals surface area contributed by atoms with Crippen molar-refractivity contribution in [2.45, 2.75) is 32.9 Å². The molecule has 0 saturated carbocycles. The molecule has 40 heavy (non-hydrogen) atoms. The van der Waals surface area contributed by atoms with Crippen LogP contribution in [0.2, 0.25) is 0 Å². The summed E-state index contributed by atoms with van der Waals surface area (Å²) in [5.41, 5.74) is 2.64. The van der Waals surface area contributed by atoms with Gasteiger partial charge in [0.2, 0.25) is 0 Å². The molecule has 3 aromatic carbocycles. The van der Waals surface area contributed by atoms with Crippen molar-refractivity contribution in [1.82, 2.24) is 4.57 Å². The van der Waals surface area contributed by atoms with E-state index >= 15 is 0 Å². The minimum atomic E-state index is -0.773. The SMILES string of the molecule is CC1=C(C(=O)Nc2ccccc2)[C@@H](c2ccc(F)cc2)n2c(s/c(=C\c3cc(I)c(OC(C)C)c(I)c3)c2=O)=N1. The Kier molecular flexibility index (Phi) is 8.57. The number of nitrogens with one attached hydrogen (secondary N) is 1. The van der Waals surface area contributed by atoms with Crippen LogP contribution in [0.3, 0.4) is 0 Å². The summed E-state index contributed by atoms with van der Waals surface area (Å²) in [4.78, 5) is 32.7. The summed E-state index contributed by atoms with van der Waals surface area (Å²) in [7, 11) is 0. The van der Waals surface area contributed by atoms with Gasteiger partial charge in [-0.3, -0.25) is 14.2 Å². The zero-order valence-corrected chi connectivity index (χ0v) is 26.9. The number of amides is 1. The number of nitrogens with zero attached hydrogens (tertiary/aromatic N) is 2. The Morgan fingerprint density at radius 2 is 1.75 bits per heavy atom. The molecule has 10 heteroatoms. The Bertz CT molecular complexity index is 1790. The molecule has 0 saturated heterocycles. The van der Waals surface area contributed by atoms with Crippen LogP contribution in [0.4, 0.5) is 10.1 Å². The molecule has 0 spiro atoms. The maximum absolute atomic E-state index is 13.9. The fraction of sp³-hybridized carbons (Fsp3) is 0.167. The largest absolute Gasteiger partial charge is 0.489 e. The van der Waals surface area contributed by atoms with Gasteiger partial charge in [0.25, 0.3) is 11.5 Å². The lowest BCUT2D eigenvalue weighted by Crippen LogP contribution is -2.40. The molecule has 2 heterocycles. The van der Waals surface area contributed by atoms with Crippen molar-refractivity contribution in [2.24, 2.45) is 4.99 Å². The van der Waals surface area contributed by atoms with Crippen molar-refractivity contribution in [3.8, 4) is 5.75 Å². The fourth-order valence-electron chi connectivity index (χ4n) is 4.45. The van der Waals surface area contributed by atoms with E-state index in [0.717, 1.165) is 18.5 Å². The molecular weight excluding hydrogens is 755 g/mol. The third kappa shape index (κ3) is 5.93. The first-order chi connectivity index (χ1) is 19.1. The minimum Gasteiger partial charge on any atom is -0.489 e. The molecule has 1 amide bonds.